The molecule has 0 radical (unpaired) electrons. The molecule has 8 heteroatoms. The zero-order valence-corrected chi connectivity index (χ0v) is 25.7. The van der Waals surface area contributed by atoms with Gasteiger partial charge in [-0.1, -0.05) is 84.9 Å². The van der Waals surface area contributed by atoms with Crippen LogP contribution >= 0.6 is 0 Å². The zero-order valence-electron chi connectivity index (χ0n) is 25.7. The van der Waals surface area contributed by atoms with Gasteiger partial charge in [0.15, 0.2) is 0 Å². The number of carbonyl (C=O) groups is 4. The first kappa shape index (κ1) is 30.8. The summed E-state index contributed by atoms with van der Waals surface area (Å²) in [4.78, 5) is 55.6. The van der Waals surface area contributed by atoms with E-state index in [1.165, 1.54) is 0 Å². The number of nitrogens with one attached hydrogen (secondary N) is 2. The van der Waals surface area contributed by atoms with Crippen molar-refractivity contribution in [2.45, 2.75) is 50.6 Å². The van der Waals surface area contributed by atoms with Crippen molar-refractivity contribution >= 4 is 35.0 Å². The van der Waals surface area contributed by atoms with Gasteiger partial charge in [0.25, 0.3) is 0 Å². The number of nitrogens with zero attached hydrogens (tertiary/aromatic N) is 2. The van der Waals surface area contributed by atoms with Gasteiger partial charge >= 0.3 is 0 Å². The van der Waals surface area contributed by atoms with Gasteiger partial charge in [0.2, 0.25) is 23.6 Å². The van der Waals surface area contributed by atoms with E-state index in [1.54, 1.807) is 9.80 Å². The third-order valence-electron chi connectivity index (χ3n) is 8.79. The standard InChI is InChI=1S/C38H38N4O4/c43-35(25-27-9-3-1-4-10-27)41-23-7-13-33(41)37(45)39-31-19-15-29(16-20-31)30-17-21-32(22-18-30)40-38(46)34-14-8-24-42(34)36(44)26-28-11-5-2-6-12-28/h1-6,9-12,15-22,33-34H,7-8,13-14,23-26H2,(H,39,45)(H,40,46). The van der Waals surface area contributed by atoms with Crippen LogP contribution in [0.1, 0.15) is 36.8 Å². The van der Waals surface area contributed by atoms with Gasteiger partial charge in [0.1, 0.15) is 12.1 Å². The topological polar surface area (TPSA) is 98.8 Å². The Morgan fingerprint density at radius 3 is 1.26 bits per heavy atom. The molecule has 2 heterocycles. The Balaban J connectivity index is 1.02. The molecule has 2 atom stereocenters. The van der Waals surface area contributed by atoms with Crippen LogP contribution < -0.4 is 10.6 Å². The van der Waals surface area contributed by atoms with Crippen LogP contribution in [-0.2, 0) is 32.0 Å². The molecular weight excluding hydrogens is 576 g/mol. The van der Waals surface area contributed by atoms with E-state index in [2.05, 4.69) is 10.6 Å². The van der Waals surface area contributed by atoms with Gasteiger partial charge in [-0.15, -0.1) is 0 Å². The van der Waals surface area contributed by atoms with E-state index >= 15 is 0 Å². The number of rotatable bonds is 9. The van der Waals surface area contributed by atoms with Crippen LogP contribution in [-0.4, -0.2) is 58.6 Å². The largest absolute Gasteiger partial charge is 0.330 e. The smallest absolute Gasteiger partial charge is 0.247 e. The fourth-order valence-corrected chi connectivity index (χ4v) is 6.36. The first-order valence-corrected chi connectivity index (χ1v) is 15.9. The van der Waals surface area contributed by atoms with E-state index in [0.717, 1.165) is 35.1 Å². The normalized spacial score (nSPS) is 17.5. The van der Waals surface area contributed by atoms with Gasteiger partial charge < -0.3 is 20.4 Å². The molecule has 0 saturated carbocycles. The fourth-order valence-electron chi connectivity index (χ4n) is 6.36. The summed E-state index contributed by atoms with van der Waals surface area (Å²) in [5, 5.41) is 5.97. The van der Waals surface area contributed by atoms with Crippen LogP contribution in [0.4, 0.5) is 11.4 Å². The molecule has 2 saturated heterocycles. The summed E-state index contributed by atoms with van der Waals surface area (Å²) in [5.74, 6) is -0.407. The lowest BCUT2D eigenvalue weighted by Crippen LogP contribution is -2.43. The van der Waals surface area contributed by atoms with Crippen LogP contribution in [0.25, 0.3) is 11.1 Å². The highest BCUT2D eigenvalue weighted by molar-refractivity contribution is 5.99. The Bertz CT molecular complexity index is 1550. The van der Waals surface area contributed by atoms with Gasteiger partial charge in [-0.25, -0.2) is 0 Å². The molecular formula is C38H38N4O4. The van der Waals surface area contributed by atoms with Crippen LogP contribution in [0, 0.1) is 0 Å². The lowest BCUT2D eigenvalue weighted by Gasteiger charge is -2.24. The van der Waals surface area contributed by atoms with Crippen molar-refractivity contribution in [2.24, 2.45) is 0 Å². The predicted molar refractivity (Wildman–Crippen MR) is 179 cm³/mol. The van der Waals surface area contributed by atoms with Crippen molar-refractivity contribution in [3.63, 3.8) is 0 Å². The van der Waals surface area contributed by atoms with Gasteiger partial charge in [0.05, 0.1) is 12.8 Å². The van der Waals surface area contributed by atoms with Crippen molar-refractivity contribution in [2.75, 3.05) is 23.7 Å². The van der Waals surface area contributed by atoms with Crippen molar-refractivity contribution in [3.05, 3.63) is 120 Å². The van der Waals surface area contributed by atoms with E-state index in [0.29, 0.717) is 37.3 Å². The minimum atomic E-state index is -0.475. The molecule has 0 bridgehead atoms. The Morgan fingerprint density at radius 2 is 0.891 bits per heavy atom. The Morgan fingerprint density at radius 1 is 0.522 bits per heavy atom. The van der Waals surface area contributed by atoms with Gasteiger partial charge in [-0.3, -0.25) is 19.2 Å². The van der Waals surface area contributed by atoms with Crippen LogP contribution in [0.15, 0.2) is 109 Å². The molecule has 2 unspecified atom stereocenters. The molecule has 2 aliphatic rings. The maximum absolute atomic E-state index is 13.1. The highest BCUT2D eigenvalue weighted by Crippen LogP contribution is 2.26. The Kier molecular flexibility index (Phi) is 9.53. The van der Waals surface area contributed by atoms with E-state index in [9.17, 15) is 19.2 Å². The monoisotopic (exact) mass is 614 g/mol. The molecule has 0 spiro atoms. The molecule has 46 heavy (non-hydrogen) atoms. The summed E-state index contributed by atoms with van der Waals surface area (Å²) in [6.07, 6.45) is 3.48. The van der Waals surface area contributed by atoms with Gasteiger partial charge in [-0.2, -0.15) is 0 Å². The van der Waals surface area contributed by atoms with Crippen LogP contribution in [0.2, 0.25) is 0 Å². The molecule has 2 fully saturated rings. The molecule has 4 amide bonds. The molecule has 8 nitrogen and oxygen atoms in total. The minimum absolute atomic E-state index is 0.0315. The minimum Gasteiger partial charge on any atom is -0.330 e. The van der Waals surface area contributed by atoms with Crippen LogP contribution in [0.5, 0.6) is 0 Å². The summed E-state index contributed by atoms with van der Waals surface area (Å²) in [6, 6.07) is 33.4. The van der Waals surface area contributed by atoms with Gasteiger partial charge in [-0.05, 0) is 72.2 Å². The first-order valence-electron chi connectivity index (χ1n) is 15.9. The summed E-state index contributed by atoms with van der Waals surface area (Å²) in [5.41, 5.74) is 5.15. The van der Waals surface area contributed by atoms with Crippen molar-refractivity contribution in [3.8, 4) is 11.1 Å². The first-order chi connectivity index (χ1) is 22.4. The number of benzene rings is 4. The SMILES string of the molecule is O=C(Nc1ccc(-c2ccc(NC(=O)C3CCCN3C(=O)Cc3ccccc3)cc2)cc1)C1CCCN1C(=O)Cc1ccccc1. The molecule has 0 aliphatic carbocycles. The molecule has 6 rings (SSSR count). The lowest BCUT2D eigenvalue weighted by molar-refractivity contribution is -0.136. The number of anilines is 2. The van der Waals surface area contributed by atoms with E-state index in [4.69, 9.17) is 0 Å². The maximum Gasteiger partial charge on any atom is 0.247 e. The third-order valence-corrected chi connectivity index (χ3v) is 8.79. The average molecular weight is 615 g/mol. The predicted octanol–water partition coefficient (Wildman–Crippen LogP) is 5.70. The fraction of sp³-hybridized carbons (Fsp3) is 0.263. The highest BCUT2D eigenvalue weighted by Gasteiger charge is 2.35. The van der Waals surface area contributed by atoms with Gasteiger partial charge in [0, 0.05) is 24.5 Å². The zero-order chi connectivity index (χ0) is 31.9. The number of hydrogen-bond donors (Lipinski definition) is 2. The second kappa shape index (κ2) is 14.2. The number of carbonyl (C=O) groups excluding carboxylic acids is 4. The van der Waals surface area contributed by atoms with Crippen molar-refractivity contribution in [1.82, 2.24) is 9.80 Å². The summed E-state index contributed by atoms with van der Waals surface area (Å²) >= 11 is 0. The molecule has 2 N–H and O–H groups in total. The van der Waals surface area contributed by atoms with E-state index in [1.807, 2.05) is 109 Å². The number of likely N-dealkylation sites (tertiary alicyclic amines) is 2. The highest BCUT2D eigenvalue weighted by atomic mass is 16.2. The Labute approximate surface area is 269 Å². The molecule has 4 aromatic rings. The maximum atomic E-state index is 13.1. The van der Waals surface area contributed by atoms with Crippen molar-refractivity contribution in [1.29, 1.82) is 0 Å². The lowest BCUT2D eigenvalue weighted by atomic mass is 10.0. The van der Waals surface area contributed by atoms with Crippen molar-refractivity contribution < 1.29 is 19.2 Å². The molecule has 2 aliphatic heterocycles. The summed E-state index contributed by atoms with van der Waals surface area (Å²) in [7, 11) is 0. The number of amides is 4. The third kappa shape index (κ3) is 7.34. The van der Waals surface area contributed by atoms with E-state index in [-0.39, 0.29) is 36.5 Å². The Hall–Kier alpha value is -5.24. The number of hydrogen-bond acceptors (Lipinski definition) is 4. The quantitative estimate of drug-likeness (QED) is 0.253. The molecule has 4 aromatic carbocycles. The molecule has 0 aromatic heterocycles. The van der Waals surface area contributed by atoms with E-state index < -0.39 is 12.1 Å². The molecule has 234 valence electrons. The summed E-state index contributed by atoms with van der Waals surface area (Å²) in [6.45, 7) is 1.18. The van der Waals surface area contributed by atoms with Crippen LogP contribution in [0.3, 0.4) is 0 Å². The second-order valence-electron chi connectivity index (χ2n) is 11.9. The average Bonchev–Trinajstić information content (AvgIpc) is 3.78. The second-order valence-corrected chi connectivity index (χ2v) is 11.9. The summed E-state index contributed by atoms with van der Waals surface area (Å²) < 4.78 is 0.